The first-order valence-electron chi connectivity index (χ1n) is 8.81. The van der Waals surface area contributed by atoms with E-state index >= 15 is 0 Å². The van der Waals surface area contributed by atoms with Crippen molar-refractivity contribution >= 4 is 11.6 Å². The molecule has 2 aromatic rings. The number of anilines is 1. The highest BCUT2D eigenvalue weighted by Gasteiger charge is 2.12. The maximum absolute atomic E-state index is 11.9. The summed E-state index contributed by atoms with van der Waals surface area (Å²) in [6, 6.07) is 7.53. The lowest BCUT2D eigenvalue weighted by atomic mass is 10.1. The summed E-state index contributed by atoms with van der Waals surface area (Å²) in [5.74, 6) is 0.169. The molecule has 1 amide bonds. The second-order valence-corrected chi connectivity index (χ2v) is 6.12. The van der Waals surface area contributed by atoms with Crippen molar-refractivity contribution in [3.8, 4) is 11.6 Å². The smallest absolute Gasteiger partial charge is 0.278 e. The van der Waals surface area contributed by atoms with Gasteiger partial charge in [-0.3, -0.25) is 9.59 Å². The molecule has 0 saturated carbocycles. The Bertz CT molecular complexity index is 784. The Morgan fingerprint density at radius 1 is 1.23 bits per heavy atom. The number of aromatic hydroxyl groups is 1. The van der Waals surface area contributed by atoms with Crippen molar-refractivity contribution < 1.29 is 14.6 Å². The van der Waals surface area contributed by atoms with Crippen molar-refractivity contribution in [1.29, 1.82) is 0 Å². The number of H-pyrrole nitrogens is 1. The number of amides is 1. The van der Waals surface area contributed by atoms with Gasteiger partial charge in [-0.15, -0.1) is 0 Å². The molecular weight excluding hydrogens is 334 g/mol. The number of aromatic nitrogens is 2. The molecule has 2 rings (SSSR count). The molecule has 3 N–H and O–H groups in total. The van der Waals surface area contributed by atoms with Gasteiger partial charge in [-0.2, -0.15) is 4.98 Å². The number of carbonyl (C=O) groups is 1. The monoisotopic (exact) mass is 359 g/mol. The van der Waals surface area contributed by atoms with Crippen LogP contribution < -0.4 is 15.6 Å². The quantitative estimate of drug-likeness (QED) is 0.597. The van der Waals surface area contributed by atoms with Crippen LogP contribution in [0.1, 0.15) is 50.9 Å². The number of nitrogens with zero attached hydrogens (tertiary/aromatic N) is 1. The number of carbonyl (C=O) groups excluding carboxylic acids is 1. The fourth-order valence-electron chi connectivity index (χ4n) is 2.49. The minimum atomic E-state index is -0.588. The molecule has 0 aliphatic rings. The lowest BCUT2D eigenvalue weighted by molar-refractivity contribution is -0.114. The molecule has 7 heteroatoms. The van der Waals surface area contributed by atoms with Gasteiger partial charge in [0.15, 0.2) is 5.69 Å². The van der Waals surface area contributed by atoms with Gasteiger partial charge in [-0.25, -0.2) is 0 Å². The summed E-state index contributed by atoms with van der Waals surface area (Å²) >= 11 is 0. The van der Waals surface area contributed by atoms with Crippen molar-refractivity contribution in [2.45, 2.75) is 46.0 Å². The maximum atomic E-state index is 11.9. The lowest BCUT2D eigenvalue weighted by Crippen LogP contribution is -2.20. The van der Waals surface area contributed by atoms with E-state index in [4.69, 9.17) is 4.74 Å². The van der Waals surface area contributed by atoms with E-state index in [2.05, 4.69) is 22.2 Å². The minimum absolute atomic E-state index is 0.243. The Kier molecular flexibility index (Phi) is 7.20. The Hall–Kier alpha value is -2.83. The van der Waals surface area contributed by atoms with Gasteiger partial charge >= 0.3 is 0 Å². The van der Waals surface area contributed by atoms with E-state index in [1.807, 2.05) is 24.3 Å². The van der Waals surface area contributed by atoms with Crippen molar-refractivity contribution in [2.24, 2.45) is 0 Å². The SMILES string of the molecule is CCCCCCOc1ccc(Cc2nc(O)c(NC(C)=O)c(=O)[nH]2)cc1. The van der Waals surface area contributed by atoms with Gasteiger partial charge in [0.05, 0.1) is 6.61 Å². The molecule has 0 aliphatic carbocycles. The van der Waals surface area contributed by atoms with Crippen LogP contribution in [0.2, 0.25) is 0 Å². The number of hydrogen-bond donors (Lipinski definition) is 3. The summed E-state index contributed by atoms with van der Waals surface area (Å²) in [6.45, 7) is 4.13. The fourth-order valence-corrected chi connectivity index (χ4v) is 2.49. The van der Waals surface area contributed by atoms with Crippen LogP contribution in [0.3, 0.4) is 0 Å². The Morgan fingerprint density at radius 2 is 1.96 bits per heavy atom. The van der Waals surface area contributed by atoms with E-state index in [1.54, 1.807) is 0 Å². The number of ether oxygens (including phenoxy) is 1. The van der Waals surface area contributed by atoms with E-state index in [1.165, 1.54) is 26.2 Å². The zero-order valence-electron chi connectivity index (χ0n) is 15.2. The summed E-state index contributed by atoms with van der Waals surface area (Å²) in [7, 11) is 0. The van der Waals surface area contributed by atoms with Gasteiger partial charge in [0, 0.05) is 13.3 Å². The van der Waals surface area contributed by atoms with Crippen molar-refractivity contribution in [2.75, 3.05) is 11.9 Å². The van der Waals surface area contributed by atoms with Crippen LogP contribution in [0.25, 0.3) is 0 Å². The van der Waals surface area contributed by atoms with Crippen LogP contribution in [-0.4, -0.2) is 27.6 Å². The summed E-state index contributed by atoms with van der Waals surface area (Å²) in [4.78, 5) is 29.5. The average molecular weight is 359 g/mol. The van der Waals surface area contributed by atoms with Gasteiger partial charge in [-0.05, 0) is 24.1 Å². The van der Waals surface area contributed by atoms with E-state index in [9.17, 15) is 14.7 Å². The zero-order valence-corrected chi connectivity index (χ0v) is 15.2. The molecule has 0 bridgehead atoms. The third-order valence-electron chi connectivity index (χ3n) is 3.81. The van der Waals surface area contributed by atoms with Crippen molar-refractivity contribution in [3.05, 3.63) is 46.0 Å². The number of nitrogens with one attached hydrogen (secondary N) is 2. The predicted molar refractivity (Wildman–Crippen MR) is 99.7 cm³/mol. The molecule has 0 fully saturated rings. The summed E-state index contributed by atoms with van der Waals surface area (Å²) in [6.07, 6.45) is 4.99. The zero-order chi connectivity index (χ0) is 18.9. The lowest BCUT2D eigenvalue weighted by Gasteiger charge is -2.08. The van der Waals surface area contributed by atoms with Crippen LogP contribution in [0.15, 0.2) is 29.1 Å². The number of unbranched alkanes of at least 4 members (excludes halogenated alkanes) is 3. The van der Waals surface area contributed by atoms with Crippen LogP contribution in [-0.2, 0) is 11.2 Å². The average Bonchev–Trinajstić information content (AvgIpc) is 2.59. The predicted octanol–water partition coefficient (Wildman–Crippen LogP) is 2.98. The van der Waals surface area contributed by atoms with Crippen molar-refractivity contribution in [3.63, 3.8) is 0 Å². The molecule has 1 heterocycles. The first-order chi connectivity index (χ1) is 12.5. The van der Waals surface area contributed by atoms with Gasteiger partial charge in [0.1, 0.15) is 11.6 Å². The molecule has 0 spiro atoms. The standard InChI is InChI=1S/C19H25N3O4/c1-3-4-5-6-11-26-15-9-7-14(8-10-15)12-16-21-18(24)17(19(25)22-16)20-13(2)23/h7-10H,3-6,11-12H2,1-2H3,(H,20,23)(H2,21,22,24,25). The topological polar surface area (TPSA) is 104 Å². The third-order valence-corrected chi connectivity index (χ3v) is 3.81. The second kappa shape index (κ2) is 9.60. The van der Waals surface area contributed by atoms with Gasteiger partial charge in [-0.1, -0.05) is 38.3 Å². The number of benzene rings is 1. The van der Waals surface area contributed by atoms with Gasteiger partial charge < -0.3 is 20.1 Å². The van der Waals surface area contributed by atoms with Gasteiger partial charge in [0.25, 0.3) is 5.56 Å². The van der Waals surface area contributed by atoms with E-state index in [-0.39, 0.29) is 5.69 Å². The minimum Gasteiger partial charge on any atom is -0.494 e. The largest absolute Gasteiger partial charge is 0.494 e. The number of rotatable bonds is 9. The Balaban J connectivity index is 1.96. The van der Waals surface area contributed by atoms with E-state index in [0.29, 0.717) is 18.9 Å². The molecule has 1 aromatic heterocycles. The fraction of sp³-hybridized carbons (Fsp3) is 0.421. The van der Waals surface area contributed by atoms with Crippen LogP contribution in [0.5, 0.6) is 11.6 Å². The number of hydrogen-bond acceptors (Lipinski definition) is 5. The van der Waals surface area contributed by atoms with Crippen LogP contribution in [0.4, 0.5) is 5.69 Å². The highest BCUT2D eigenvalue weighted by atomic mass is 16.5. The molecule has 0 saturated heterocycles. The summed E-state index contributed by atoms with van der Waals surface area (Å²) in [5, 5.41) is 12.1. The molecule has 26 heavy (non-hydrogen) atoms. The summed E-state index contributed by atoms with van der Waals surface area (Å²) < 4.78 is 5.70. The molecule has 0 radical (unpaired) electrons. The van der Waals surface area contributed by atoms with E-state index < -0.39 is 17.3 Å². The van der Waals surface area contributed by atoms with Crippen LogP contribution >= 0.6 is 0 Å². The molecule has 0 unspecified atom stereocenters. The molecular formula is C19H25N3O4. The summed E-state index contributed by atoms with van der Waals surface area (Å²) in [5.41, 5.74) is 0.0842. The second-order valence-electron chi connectivity index (χ2n) is 6.12. The molecule has 1 aromatic carbocycles. The van der Waals surface area contributed by atoms with Gasteiger partial charge in [0.2, 0.25) is 11.8 Å². The highest BCUT2D eigenvalue weighted by Crippen LogP contribution is 2.17. The third kappa shape index (κ3) is 5.91. The van der Waals surface area contributed by atoms with Crippen molar-refractivity contribution in [1.82, 2.24) is 9.97 Å². The Labute approximate surface area is 152 Å². The molecule has 0 atom stereocenters. The first kappa shape index (κ1) is 19.5. The van der Waals surface area contributed by atoms with Crippen LogP contribution in [0, 0.1) is 0 Å². The molecule has 0 aliphatic heterocycles. The number of aromatic amines is 1. The molecule has 7 nitrogen and oxygen atoms in total. The normalized spacial score (nSPS) is 10.5. The Morgan fingerprint density at radius 3 is 2.58 bits per heavy atom. The molecule has 140 valence electrons. The highest BCUT2D eigenvalue weighted by molar-refractivity contribution is 5.89. The van der Waals surface area contributed by atoms with E-state index in [0.717, 1.165) is 17.7 Å². The maximum Gasteiger partial charge on any atom is 0.278 e. The first-order valence-corrected chi connectivity index (χ1v) is 8.81.